The summed E-state index contributed by atoms with van der Waals surface area (Å²) in [7, 11) is 0. The van der Waals surface area contributed by atoms with Crippen molar-refractivity contribution >= 4 is 5.91 Å². The molecule has 0 spiro atoms. The van der Waals surface area contributed by atoms with Crippen LogP contribution in [0.5, 0.6) is 0 Å². The summed E-state index contributed by atoms with van der Waals surface area (Å²) in [5, 5.41) is 3.53. The van der Waals surface area contributed by atoms with Crippen LogP contribution in [0.3, 0.4) is 0 Å². The summed E-state index contributed by atoms with van der Waals surface area (Å²) in [6, 6.07) is 0.718. The molecule has 1 N–H and O–H groups in total. The molecule has 3 heteroatoms. The average Bonchev–Trinajstić information content (AvgIpc) is 2.82. The Morgan fingerprint density at radius 1 is 1.33 bits per heavy atom. The average molecular weight is 252 g/mol. The smallest absolute Gasteiger partial charge is 0.222 e. The molecule has 2 rings (SSSR count). The van der Waals surface area contributed by atoms with Crippen LogP contribution in [-0.4, -0.2) is 36.5 Å². The first kappa shape index (κ1) is 13.9. The number of hydrogen-bond acceptors (Lipinski definition) is 2. The van der Waals surface area contributed by atoms with Gasteiger partial charge in [0.15, 0.2) is 0 Å². The largest absolute Gasteiger partial charge is 0.343 e. The van der Waals surface area contributed by atoms with Crippen LogP contribution in [0.15, 0.2) is 0 Å². The maximum Gasteiger partial charge on any atom is 0.222 e. The summed E-state index contributed by atoms with van der Waals surface area (Å²) in [6.45, 7) is 5.41. The molecule has 104 valence electrons. The molecular formula is C15H28N2O. The number of carbonyl (C=O) groups is 1. The minimum Gasteiger partial charge on any atom is -0.343 e. The van der Waals surface area contributed by atoms with E-state index in [1.807, 2.05) is 0 Å². The molecule has 1 amide bonds. The monoisotopic (exact) mass is 252 g/mol. The minimum atomic E-state index is 0.394. The van der Waals surface area contributed by atoms with Crippen molar-refractivity contribution in [3.8, 4) is 0 Å². The third-order valence-electron chi connectivity index (χ3n) is 4.65. The molecule has 2 fully saturated rings. The van der Waals surface area contributed by atoms with Gasteiger partial charge in [0.25, 0.3) is 0 Å². The van der Waals surface area contributed by atoms with Gasteiger partial charge in [0.2, 0.25) is 5.91 Å². The molecule has 2 unspecified atom stereocenters. The van der Waals surface area contributed by atoms with Crippen molar-refractivity contribution in [2.75, 3.05) is 19.6 Å². The zero-order valence-corrected chi connectivity index (χ0v) is 11.8. The van der Waals surface area contributed by atoms with Gasteiger partial charge in [0, 0.05) is 25.6 Å². The number of likely N-dealkylation sites (tertiary alicyclic amines) is 1. The lowest BCUT2D eigenvalue weighted by Crippen LogP contribution is -2.32. The summed E-state index contributed by atoms with van der Waals surface area (Å²) in [6.07, 6.45) is 9.38. The predicted molar refractivity (Wildman–Crippen MR) is 74.5 cm³/mol. The van der Waals surface area contributed by atoms with E-state index in [0.29, 0.717) is 5.91 Å². The highest BCUT2D eigenvalue weighted by molar-refractivity contribution is 5.76. The van der Waals surface area contributed by atoms with Crippen LogP contribution in [0.2, 0.25) is 0 Å². The van der Waals surface area contributed by atoms with Crippen LogP contribution in [0, 0.1) is 5.92 Å². The van der Waals surface area contributed by atoms with Gasteiger partial charge in [-0.1, -0.05) is 13.3 Å². The van der Waals surface area contributed by atoms with Crippen molar-refractivity contribution in [2.24, 2.45) is 5.92 Å². The molecule has 2 aliphatic heterocycles. The Bertz CT molecular complexity index is 261. The van der Waals surface area contributed by atoms with Crippen LogP contribution in [0.25, 0.3) is 0 Å². The number of rotatable bonds is 5. The third kappa shape index (κ3) is 3.98. The van der Waals surface area contributed by atoms with E-state index in [1.54, 1.807) is 0 Å². The van der Waals surface area contributed by atoms with Crippen molar-refractivity contribution in [3.63, 3.8) is 0 Å². The highest BCUT2D eigenvalue weighted by Gasteiger charge is 2.21. The van der Waals surface area contributed by atoms with Gasteiger partial charge in [-0.15, -0.1) is 0 Å². The molecule has 2 aliphatic rings. The molecule has 2 saturated heterocycles. The van der Waals surface area contributed by atoms with E-state index in [1.165, 1.54) is 45.1 Å². The number of hydrogen-bond donors (Lipinski definition) is 1. The number of amides is 1. The summed E-state index contributed by atoms with van der Waals surface area (Å²) in [5.74, 6) is 1.17. The molecule has 0 aromatic heterocycles. The third-order valence-corrected chi connectivity index (χ3v) is 4.65. The van der Waals surface area contributed by atoms with Gasteiger partial charge in [-0.2, -0.15) is 0 Å². The van der Waals surface area contributed by atoms with Crippen LogP contribution >= 0.6 is 0 Å². The van der Waals surface area contributed by atoms with E-state index in [-0.39, 0.29) is 0 Å². The van der Waals surface area contributed by atoms with Gasteiger partial charge in [0.1, 0.15) is 0 Å². The lowest BCUT2D eigenvalue weighted by molar-refractivity contribution is -0.130. The van der Waals surface area contributed by atoms with Crippen LogP contribution in [-0.2, 0) is 4.79 Å². The Balaban J connectivity index is 1.68. The SMILES string of the molecule is CCC1CCC(=O)N(CCCC2CCCN2)CC1. The molecule has 0 aromatic rings. The molecule has 18 heavy (non-hydrogen) atoms. The zero-order valence-electron chi connectivity index (χ0n) is 11.8. The standard InChI is InChI=1S/C15H28N2O/c1-2-13-7-8-15(18)17(12-9-13)11-4-6-14-5-3-10-16-14/h13-14,16H,2-12H2,1H3. The van der Waals surface area contributed by atoms with E-state index >= 15 is 0 Å². The highest BCUT2D eigenvalue weighted by Crippen LogP contribution is 2.21. The Morgan fingerprint density at radius 3 is 2.94 bits per heavy atom. The summed E-state index contributed by atoms with van der Waals surface area (Å²) in [4.78, 5) is 14.1. The highest BCUT2D eigenvalue weighted by atomic mass is 16.2. The van der Waals surface area contributed by atoms with Crippen LogP contribution < -0.4 is 5.32 Å². The Labute approximate surface area is 111 Å². The number of nitrogens with one attached hydrogen (secondary N) is 1. The molecule has 0 aromatic carbocycles. The second-order valence-corrected chi connectivity index (χ2v) is 5.92. The first-order valence-electron chi connectivity index (χ1n) is 7.80. The van der Waals surface area contributed by atoms with Gasteiger partial charge in [-0.05, 0) is 51.0 Å². The minimum absolute atomic E-state index is 0.394. The molecule has 2 atom stereocenters. The lowest BCUT2D eigenvalue weighted by Gasteiger charge is -2.21. The van der Waals surface area contributed by atoms with Crippen molar-refractivity contribution in [1.29, 1.82) is 0 Å². The van der Waals surface area contributed by atoms with Crippen molar-refractivity contribution < 1.29 is 4.79 Å². The van der Waals surface area contributed by atoms with Crippen molar-refractivity contribution in [1.82, 2.24) is 10.2 Å². The molecular weight excluding hydrogens is 224 g/mol. The van der Waals surface area contributed by atoms with E-state index < -0.39 is 0 Å². The number of carbonyl (C=O) groups excluding carboxylic acids is 1. The first-order valence-corrected chi connectivity index (χ1v) is 7.80. The molecule has 3 nitrogen and oxygen atoms in total. The summed E-state index contributed by atoms with van der Waals surface area (Å²) in [5.41, 5.74) is 0. The Hall–Kier alpha value is -0.570. The fraction of sp³-hybridized carbons (Fsp3) is 0.933. The first-order chi connectivity index (χ1) is 8.79. The second kappa shape index (κ2) is 7.13. The molecule has 0 saturated carbocycles. The summed E-state index contributed by atoms with van der Waals surface area (Å²) >= 11 is 0. The van der Waals surface area contributed by atoms with Crippen molar-refractivity contribution in [3.05, 3.63) is 0 Å². The topological polar surface area (TPSA) is 32.3 Å². The quantitative estimate of drug-likeness (QED) is 0.815. The van der Waals surface area contributed by atoms with Crippen LogP contribution in [0.4, 0.5) is 0 Å². The zero-order chi connectivity index (χ0) is 12.8. The maximum atomic E-state index is 12.0. The summed E-state index contributed by atoms with van der Waals surface area (Å²) < 4.78 is 0. The predicted octanol–water partition coefficient (Wildman–Crippen LogP) is 2.56. The molecule has 0 aliphatic carbocycles. The van der Waals surface area contributed by atoms with E-state index in [0.717, 1.165) is 37.9 Å². The Morgan fingerprint density at radius 2 is 2.22 bits per heavy atom. The molecule has 0 bridgehead atoms. The second-order valence-electron chi connectivity index (χ2n) is 5.92. The van der Waals surface area contributed by atoms with Gasteiger partial charge in [0.05, 0.1) is 0 Å². The Kier molecular flexibility index (Phi) is 5.48. The maximum absolute atomic E-state index is 12.0. The van der Waals surface area contributed by atoms with Gasteiger partial charge in [-0.3, -0.25) is 4.79 Å². The molecule has 0 radical (unpaired) electrons. The van der Waals surface area contributed by atoms with Crippen molar-refractivity contribution in [2.45, 2.75) is 64.3 Å². The van der Waals surface area contributed by atoms with Crippen LogP contribution in [0.1, 0.15) is 58.3 Å². The van der Waals surface area contributed by atoms with E-state index in [2.05, 4.69) is 17.1 Å². The van der Waals surface area contributed by atoms with E-state index in [4.69, 9.17) is 0 Å². The normalized spacial score (nSPS) is 29.6. The van der Waals surface area contributed by atoms with E-state index in [9.17, 15) is 4.79 Å². The fourth-order valence-electron chi connectivity index (χ4n) is 3.27. The lowest BCUT2D eigenvalue weighted by atomic mass is 9.98. The molecule has 2 heterocycles. The fourth-order valence-corrected chi connectivity index (χ4v) is 3.27. The number of nitrogens with zero attached hydrogens (tertiary/aromatic N) is 1. The van der Waals surface area contributed by atoms with Gasteiger partial charge < -0.3 is 10.2 Å². The van der Waals surface area contributed by atoms with Gasteiger partial charge >= 0.3 is 0 Å². The van der Waals surface area contributed by atoms with Gasteiger partial charge in [-0.25, -0.2) is 0 Å².